The molecule has 1 saturated carbocycles. The van der Waals surface area contributed by atoms with Crippen LogP contribution in [0.5, 0.6) is 0 Å². The molecule has 3 rings (SSSR count). The molecule has 0 aliphatic heterocycles. The van der Waals surface area contributed by atoms with E-state index >= 15 is 0 Å². The minimum absolute atomic E-state index is 0.000197. The van der Waals surface area contributed by atoms with Crippen molar-refractivity contribution < 1.29 is 13.2 Å². The predicted molar refractivity (Wildman–Crippen MR) is 133 cm³/mol. The molecular weight excluding hydrogens is 456 g/mol. The maximum absolute atomic E-state index is 12.7. The number of aromatic amines is 1. The number of hydrogen-bond donors (Lipinski definition) is 5. The molecule has 10 nitrogen and oxygen atoms in total. The Morgan fingerprint density at radius 2 is 1.91 bits per heavy atom. The largest absolute Gasteiger partial charge is 0.365 e. The van der Waals surface area contributed by atoms with Gasteiger partial charge in [-0.25, -0.2) is 8.42 Å². The Morgan fingerprint density at radius 1 is 1.24 bits per heavy atom. The van der Waals surface area contributed by atoms with Crippen LogP contribution in [-0.4, -0.2) is 42.1 Å². The zero-order valence-corrected chi connectivity index (χ0v) is 20.7. The van der Waals surface area contributed by atoms with E-state index in [1.165, 1.54) is 12.1 Å². The molecule has 1 fully saturated rings. The van der Waals surface area contributed by atoms with Crippen LogP contribution in [0, 0.1) is 12.8 Å². The molecule has 0 saturated heterocycles. The summed E-state index contributed by atoms with van der Waals surface area (Å²) >= 11 is 0. The van der Waals surface area contributed by atoms with Crippen LogP contribution in [0.15, 0.2) is 27.9 Å². The van der Waals surface area contributed by atoms with Crippen molar-refractivity contribution in [3.63, 3.8) is 0 Å². The van der Waals surface area contributed by atoms with Crippen molar-refractivity contribution >= 4 is 33.2 Å². The number of carbonyl (C=O) groups excluding carboxylic acids is 1. The standard InChI is InChI=1S/C23H34N6O4S/c1-14(2)12-34(32,33)16-8-7-15(3)17(11-16)27-20-18(19(24)30)21(31)29-22(28-20)26-13-23(25)9-5-4-6-10-23/h7-8,11,14H,4-6,9-10,12-13,25H2,1-3H3,(H2,24,30)(H3,26,27,28,29,31). The second kappa shape index (κ2) is 10.1. The topological polar surface area (TPSA) is 173 Å². The van der Waals surface area contributed by atoms with Crippen LogP contribution in [-0.2, 0) is 9.84 Å². The number of anilines is 3. The molecule has 186 valence electrons. The first-order valence-electron chi connectivity index (χ1n) is 11.5. The molecule has 1 aromatic heterocycles. The molecule has 1 heterocycles. The number of nitrogens with zero attached hydrogens (tertiary/aromatic N) is 1. The van der Waals surface area contributed by atoms with Gasteiger partial charge in [0.25, 0.3) is 11.5 Å². The van der Waals surface area contributed by atoms with Gasteiger partial charge in [0, 0.05) is 17.8 Å². The summed E-state index contributed by atoms with van der Waals surface area (Å²) in [6, 6.07) is 4.67. The van der Waals surface area contributed by atoms with Gasteiger partial charge in [-0.2, -0.15) is 4.98 Å². The van der Waals surface area contributed by atoms with Crippen molar-refractivity contribution in [3.8, 4) is 0 Å². The second-order valence-corrected chi connectivity index (χ2v) is 11.6. The Balaban J connectivity index is 1.95. The molecule has 0 bridgehead atoms. The number of hydrogen-bond acceptors (Lipinski definition) is 8. The molecule has 0 atom stereocenters. The van der Waals surface area contributed by atoms with Crippen LogP contribution in [0.1, 0.15) is 61.9 Å². The Bertz CT molecular complexity index is 1220. The molecule has 34 heavy (non-hydrogen) atoms. The molecule has 2 aromatic rings. The number of H-pyrrole nitrogens is 1. The highest BCUT2D eigenvalue weighted by molar-refractivity contribution is 7.91. The Labute approximate surface area is 199 Å². The molecule has 0 unspecified atom stereocenters. The number of benzene rings is 1. The van der Waals surface area contributed by atoms with Crippen LogP contribution in [0.4, 0.5) is 17.5 Å². The van der Waals surface area contributed by atoms with Crippen LogP contribution in [0.2, 0.25) is 0 Å². The first kappa shape index (κ1) is 25.7. The highest BCUT2D eigenvalue weighted by Gasteiger charge is 2.28. The van der Waals surface area contributed by atoms with Gasteiger partial charge in [0.05, 0.1) is 10.6 Å². The summed E-state index contributed by atoms with van der Waals surface area (Å²) in [4.78, 5) is 31.7. The number of rotatable bonds is 9. The Morgan fingerprint density at radius 3 is 2.53 bits per heavy atom. The normalized spacial score (nSPS) is 15.8. The van der Waals surface area contributed by atoms with Crippen molar-refractivity contribution in [2.24, 2.45) is 17.4 Å². The zero-order chi connectivity index (χ0) is 25.1. The summed E-state index contributed by atoms with van der Waals surface area (Å²) in [6.07, 6.45) is 4.98. The maximum atomic E-state index is 12.7. The van der Waals surface area contributed by atoms with Crippen molar-refractivity contribution in [1.82, 2.24) is 9.97 Å². The van der Waals surface area contributed by atoms with E-state index in [2.05, 4.69) is 20.6 Å². The number of aromatic nitrogens is 2. The summed E-state index contributed by atoms with van der Waals surface area (Å²) in [7, 11) is -3.51. The monoisotopic (exact) mass is 490 g/mol. The number of primary amides is 1. The number of nitrogens with one attached hydrogen (secondary N) is 3. The van der Waals surface area contributed by atoms with Gasteiger partial charge in [0.2, 0.25) is 5.95 Å². The number of aryl methyl sites for hydroxylation is 1. The predicted octanol–water partition coefficient (Wildman–Crippen LogP) is 2.42. The van der Waals surface area contributed by atoms with Crippen LogP contribution >= 0.6 is 0 Å². The van der Waals surface area contributed by atoms with E-state index in [1.807, 2.05) is 13.8 Å². The number of nitrogens with two attached hydrogens (primary N) is 2. The van der Waals surface area contributed by atoms with Crippen molar-refractivity contribution in [2.75, 3.05) is 22.9 Å². The minimum Gasteiger partial charge on any atom is -0.365 e. The average Bonchev–Trinajstić information content (AvgIpc) is 2.73. The number of amides is 1. The van der Waals surface area contributed by atoms with Gasteiger partial charge >= 0.3 is 0 Å². The van der Waals surface area contributed by atoms with Gasteiger partial charge in [-0.1, -0.05) is 39.2 Å². The number of sulfone groups is 1. The van der Waals surface area contributed by atoms with Crippen LogP contribution < -0.4 is 27.7 Å². The lowest BCUT2D eigenvalue weighted by Gasteiger charge is -2.33. The average molecular weight is 491 g/mol. The summed E-state index contributed by atoms with van der Waals surface area (Å²) in [5.41, 5.74) is 11.6. The molecule has 0 radical (unpaired) electrons. The summed E-state index contributed by atoms with van der Waals surface area (Å²) in [6.45, 7) is 5.85. The fourth-order valence-electron chi connectivity index (χ4n) is 4.16. The lowest BCUT2D eigenvalue weighted by molar-refractivity contribution is 0.0999. The van der Waals surface area contributed by atoms with Gasteiger partial charge in [0.15, 0.2) is 15.7 Å². The van der Waals surface area contributed by atoms with E-state index in [1.54, 1.807) is 13.0 Å². The fraction of sp³-hybridized carbons (Fsp3) is 0.522. The van der Waals surface area contributed by atoms with E-state index in [9.17, 15) is 18.0 Å². The smallest absolute Gasteiger partial charge is 0.267 e. The van der Waals surface area contributed by atoms with E-state index in [0.29, 0.717) is 17.8 Å². The third-order valence-corrected chi connectivity index (χ3v) is 8.07. The molecule has 1 aliphatic carbocycles. The summed E-state index contributed by atoms with van der Waals surface area (Å²) in [5, 5.41) is 6.03. The lowest BCUT2D eigenvalue weighted by Crippen LogP contribution is -2.48. The SMILES string of the molecule is Cc1ccc(S(=O)(=O)CC(C)C)cc1Nc1nc(NCC2(N)CCCCC2)[nH]c(=O)c1C(N)=O. The Hall–Kier alpha value is -2.92. The van der Waals surface area contributed by atoms with Gasteiger partial charge in [0.1, 0.15) is 5.56 Å². The first-order chi connectivity index (χ1) is 15.9. The third-order valence-electron chi connectivity index (χ3n) is 6.00. The molecule has 1 aliphatic rings. The van der Waals surface area contributed by atoms with Gasteiger partial charge in [-0.3, -0.25) is 14.6 Å². The molecule has 7 N–H and O–H groups in total. The molecular formula is C23H34N6O4S. The van der Waals surface area contributed by atoms with E-state index in [0.717, 1.165) is 32.1 Å². The van der Waals surface area contributed by atoms with Gasteiger partial charge in [-0.05, 0) is 43.4 Å². The highest BCUT2D eigenvalue weighted by Crippen LogP contribution is 2.27. The van der Waals surface area contributed by atoms with Crippen molar-refractivity contribution in [3.05, 3.63) is 39.7 Å². The summed E-state index contributed by atoms with van der Waals surface area (Å²) in [5.74, 6) is -0.905. The quantitative estimate of drug-likeness (QED) is 0.356. The van der Waals surface area contributed by atoms with E-state index in [-0.39, 0.29) is 33.9 Å². The first-order valence-corrected chi connectivity index (χ1v) is 13.1. The Kier molecular flexibility index (Phi) is 7.67. The van der Waals surface area contributed by atoms with Crippen molar-refractivity contribution in [2.45, 2.75) is 63.3 Å². The number of carbonyl (C=O) groups is 1. The third kappa shape index (κ3) is 6.15. The fourth-order valence-corrected chi connectivity index (χ4v) is 5.80. The molecule has 1 aromatic carbocycles. The minimum atomic E-state index is -3.51. The second-order valence-electron chi connectivity index (χ2n) is 9.56. The van der Waals surface area contributed by atoms with E-state index in [4.69, 9.17) is 11.5 Å². The van der Waals surface area contributed by atoms with Crippen LogP contribution in [0.25, 0.3) is 0 Å². The van der Waals surface area contributed by atoms with Crippen LogP contribution in [0.3, 0.4) is 0 Å². The van der Waals surface area contributed by atoms with Gasteiger partial charge in [-0.15, -0.1) is 0 Å². The summed E-state index contributed by atoms with van der Waals surface area (Å²) < 4.78 is 25.4. The van der Waals surface area contributed by atoms with Crippen molar-refractivity contribution in [1.29, 1.82) is 0 Å². The van der Waals surface area contributed by atoms with Gasteiger partial charge < -0.3 is 22.1 Å². The highest BCUT2D eigenvalue weighted by atomic mass is 32.2. The molecule has 0 spiro atoms. The zero-order valence-electron chi connectivity index (χ0n) is 19.9. The lowest BCUT2D eigenvalue weighted by atomic mass is 9.82. The van der Waals surface area contributed by atoms with E-state index < -0.39 is 26.8 Å². The molecule has 1 amide bonds. The molecule has 11 heteroatoms. The maximum Gasteiger partial charge on any atom is 0.267 e.